The highest BCUT2D eigenvalue weighted by Crippen LogP contribution is 2.34. The lowest BCUT2D eigenvalue weighted by Crippen LogP contribution is -2.50. The van der Waals surface area contributed by atoms with Crippen molar-refractivity contribution in [2.45, 2.75) is 32.2 Å². The maximum absolute atomic E-state index is 13.3. The Morgan fingerprint density at radius 2 is 1.89 bits per heavy atom. The summed E-state index contributed by atoms with van der Waals surface area (Å²) in [5, 5.41) is 0.773. The standard InChI is InChI=1S/C18H24N4O3S2/c1-3-8-22-17(23)15-13-6-4-5-7-14(13)26-16(15)19-18(22)20-9-11-21(12-10-20)27(2,24)25/h3H,1,4-12H2,2H3. The zero-order valence-corrected chi connectivity index (χ0v) is 17.1. The van der Waals surface area contributed by atoms with Gasteiger partial charge >= 0.3 is 0 Å². The van der Waals surface area contributed by atoms with Crippen LogP contribution >= 0.6 is 11.3 Å². The van der Waals surface area contributed by atoms with Gasteiger partial charge in [-0.1, -0.05) is 6.08 Å². The summed E-state index contributed by atoms with van der Waals surface area (Å²) in [5.74, 6) is 0.624. The number of aryl methyl sites for hydroxylation is 2. The third-order valence-corrected chi connectivity index (χ3v) is 7.85. The maximum atomic E-state index is 13.3. The Labute approximate surface area is 163 Å². The normalized spacial score (nSPS) is 18.6. The van der Waals surface area contributed by atoms with Crippen LogP contribution in [0.25, 0.3) is 10.2 Å². The van der Waals surface area contributed by atoms with Gasteiger partial charge in [0.15, 0.2) is 0 Å². The summed E-state index contributed by atoms with van der Waals surface area (Å²) in [4.78, 5) is 22.3. The van der Waals surface area contributed by atoms with Crippen LogP contribution in [0.2, 0.25) is 0 Å². The number of fused-ring (bicyclic) bond motifs is 3. The van der Waals surface area contributed by atoms with Crippen LogP contribution < -0.4 is 10.5 Å². The Balaban J connectivity index is 1.77. The number of nitrogens with zero attached hydrogens (tertiary/aromatic N) is 4. The molecule has 4 rings (SSSR count). The van der Waals surface area contributed by atoms with Crippen LogP contribution in [0.3, 0.4) is 0 Å². The van der Waals surface area contributed by atoms with Gasteiger partial charge in [-0.05, 0) is 31.2 Å². The third kappa shape index (κ3) is 3.32. The number of allylic oxidation sites excluding steroid dienone is 1. The molecule has 2 aliphatic rings. The summed E-state index contributed by atoms with van der Waals surface area (Å²) in [6.45, 7) is 6.04. The van der Waals surface area contributed by atoms with E-state index in [4.69, 9.17) is 4.98 Å². The van der Waals surface area contributed by atoms with Crippen LogP contribution in [0.5, 0.6) is 0 Å². The number of hydrogen-bond acceptors (Lipinski definition) is 6. The van der Waals surface area contributed by atoms with E-state index < -0.39 is 10.0 Å². The SMILES string of the molecule is C=CCn1c(N2CCN(S(C)(=O)=O)CC2)nc2sc3c(c2c1=O)CCCC3. The van der Waals surface area contributed by atoms with E-state index in [9.17, 15) is 13.2 Å². The van der Waals surface area contributed by atoms with Gasteiger partial charge in [0.05, 0.1) is 11.6 Å². The number of rotatable bonds is 4. The first kappa shape index (κ1) is 18.6. The molecule has 0 amide bonds. The molecule has 146 valence electrons. The molecule has 2 aromatic heterocycles. The molecule has 1 aliphatic heterocycles. The molecule has 0 atom stereocenters. The minimum absolute atomic E-state index is 0.000146. The Hall–Kier alpha value is -1.71. The lowest BCUT2D eigenvalue weighted by Gasteiger charge is -2.34. The number of sulfonamides is 1. The van der Waals surface area contributed by atoms with E-state index in [1.54, 1.807) is 22.0 Å². The fourth-order valence-corrected chi connectivity index (χ4v) is 6.06. The second-order valence-corrected chi connectivity index (χ2v) is 10.2. The molecule has 0 aromatic carbocycles. The lowest BCUT2D eigenvalue weighted by atomic mass is 9.97. The molecule has 0 N–H and O–H groups in total. The van der Waals surface area contributed by atoms with Gasteiger partial charge < -0.3 is 4.90 Å². The van der Waals surface area contributed by atoms with E-state index in [1.807, 2.05) is 4.90 Å². The minimum atomic E-state index is -3.19. The maximum Gasteiger partial charge on any atom is 0.264 e. The minimum Gasteiger partial charge on any atom is -0.339 e. The van der Waals surface area contributed by atoms with Gasteiger partial charge in [-0.15, -0.1) is 17.9 Å². The van der Waals surface area contributed by atoms with Gasteiger partial charge in [0.25, 0.3) is 5.56 Å². The molecule has 0 unspecified atom stereocenters. The number of piperazine rings is 1. The number of aromatic nitrogens is 2. The zero-order valence-electron chi connectivity index (χ0n) is 15.5. The summed E-state index contributed by atoms with van der Waals surface area (Å²) in [5.41, 5.74) is 1.19. The first-order valence-electron chi connectivity index (χ1n) is 9.26. The van der Waals surface area contributed by atoms with Crippen LogP contribution in [0.4, 0.5) is 5.95 Å². The Morgan fingerprint density at radius 3 is 2.56 bits per heavy atom. The summed E-state index contributed by atoms with van der Waals surface area (Å²) in [6.07, 6.45) is 7.21. The van der Waals surface area contributed by atoms with Crippen molar-refractivity contribution >= 4 is 37.5 Å². The van der Waals surface area contributed by atoms with Crippen molar-refractivity contribution in [2.24, 2.45) is 0 Å². The molecule has 1 fully saturated rings. The van der Waals surface area contributed by atoms with Crippen LogP contribution in [-0.4, -0.2) is 54.7 Å². The molecular formula is C18H24N4O3S2. The molecule has 9 heteroatoms. The van der Waals surface area contributed by atoms with Crippen molar-refractivity contribution in [3.63, 3.8) is 0 Å². The Bertz CT molecular complexity index is 1050. The lowest BCUT2D eigenvalue weighted by molar-refractivity contribution is 0.383. The summed E-state index contributed by atoms with van der Waals surface area (Å²) < 4.78 is 26.7. The molecule has 3 heterocycles. The highest BCUT2D eigenvalue weighted by Gasteiger charge is 2.28. The van der Waals surface area contributed by atoms with E-state index in [-0.39, 0.29) is 5.56 Å². The molecule has 0 radical (unpaired) electrons. The van der Waals surface area contributed by atoms with Crippen molar-refractivity contribution in [2.75, 3.05) is 37.3 Å². The molecule has 0 spiro atoms. The number of hydrogen-bond donors (Lipinski definition) is 0. The summed E-state index contributed by atoms with van der Waals surface area (Å²) in [6, 6.07) is 0. The van der Waals surface area contributed by atoms with E-state index in [0.29, 0.717) is 38.7 Å². The van der Waals surface area contributed by atoms with Crippen molar-refractivity contribution in [1.82, 2.24) is 13.9 Å². The predicted octanol–water partition coefficient (Wildman–Crippen LogP) is 1.60. The van der Waals surface area contributed by atoms with Gasteiger partial charge in [0, 0.05) is 37.6 Å². The van der Waals surface area contributed by atoms with Crippen LogP contribution in [-0.2, 0) is 29.4 Å². The van der Waals surface area contributed by atoms with E-state index >= 15 is 0 Å². The molecule has 1 aliphatic carbocycles. The second kappa shape index (κ2) is 7.03. The fourth-order valence-electron chi connectivity index (χ4n) is 3.98. The average molecular weight is 409 g/mol. The third-order valence-electron chi connectivity index (χ3n) is 5.36. The first-order valence-corrected chi connectivity index (χ1v) is 11.9. The van der Waals surface area contributed by atoms with Crippen molar-refractivity contribution in [3.05, 3.63) is 33.4 Å². The Kier molecular flexibility index (Phi) is 4.85. The molecule has 27 heavy (non-hydrogen) atoms. The largest absolute Gasteiger partial charge is 0.339 e. The summed E-state index contributed by atoms with van der Waals surface area (Å²) in [7, 11) is -3.19. The number of thiophene rings is 1. The Morgan fingerprint density at radius 1 is 1.19 bits per heavy atom. The molecule has 0 bridgehead atoms. The van der Waals surface area contributed by atoms with Gasteiger partial charge in [0.2, 0.25) is 16.0 Å². The molecule has 0 saturated carbocycles. The smallest absolute Gasteiger partial charge is 0.264 e. The van der Waals surface area contributed by atoms with Gasteiger partial charge in [-0.25, -0.2) is 13.4 Å². The highest BCUT2D eigenvalue weighted by atomic mass is 32.2. The molecule has 1 saturated heterocycles. The highest BCUT2D eigenvalue weighted by molar-refractivity contribution is 7.88. The second-order valence-electron chi connectivity index (χ2n) is 7.16. The van der Waals surface area contributed by atoms with E-state index in [0.717, 1.165) is 29.5 Å². The van der Waals surface area contributed by atoms with Crippen molar-refractivity contribution in [3.8, 4) is 0 Å². The molecule has 7 nitrogen and oxygen atoms in total. The average Bonchev–Trinajstić information content (AvgIpc) is 3.02. The van der Waals surface area contributed by atoms with E-state index in [1.165, 1.54) is 27.4 Å². The predicted molar refractivity (Wildman–Crippen MR) is 109 cm³/mol. The van der Waals surface area contributed by atoms with Crippen LogP contribution in [0.1, 0.15) is 23.3 Å². The van der Waals surface area contributed by atoms with Crippen molar-refractivity contribution in [1.29, 1.82) is 0 Å². The number of anilines is 1. The molecular weight excluding hydrogens is 384 g/mol. The van der Waals surface area contributed by atoms with Gasteiger partial charge in [0.1, 0.15) is 4.83 Å². The van der Waals surface area contributed by atoms with Crippen LogP contribution in [0.15, 0.2) is 17.4 Å². The zero-order chi connectivity index (χ0) is 19.2. The van der Waals surface area contributed by atoms with E-state index in [2.05, 4.69) is 6.58 Å². The van der Waals surface area contributed by atoms with Gasteiger partial charge in [-0.2, -0.15) is 4.31 Å². The van der Waals surface area contributed by atoms with Crippen molar-refractivity contribution < 1.29 is 8.42 Å². The fraction of sp³-hybridized carbons (Fsp3) is 0.556. The van der Waals surface area contributed by atoms with Gasteiger partial charge in [-0.3, -0.25) is 9.36 Å². The summed E-state index contributed by atoms with van der Waals surface area (Å²) >= 11 is 1.64. The quantitative estimate of drug-likeness (QED) is 0.719. The monoisotopic (exact) mass is 408 g/mol. The first-order chi connectivity index (χ1) is 12.9. The van der Waals surface area contributed by atoms with Crippen LogP contribution in [0, 0.1) is 0 Å². The topological polar surface area (TPSA) is 75.5 Å². The molecule has 2 aromatic rings.